The van der Waals surface area contributed by atoms with Crippen LogP contribution in [0.1, 0.15) is 39.5 Å². The van der Waals surface area contributed by atoms with Gasteiger partial charge >= 0.3 is 0 Å². The average molecular weight is 267 g/mol. The Bertz CT molecular complexity index is 311. The van der Waals surface area contributed by atoms with Crippen LogP contribution >= 0.6 is 0 Å². The van der Waals surface area contributed by atoms with Gasteiger partial charge in [-0.3, -0.25) is 4.79 Å². The summed E-state index contributed by atoms with van der Waals surface area (Å²) in [5.74, 6) is 0.885. The van der Waals surface area contributed by atoms with Gasteiger partial charge in [0.2, 0.25) is 5.91 Å². The molecule has 2 aliphatic heterocycles. The van der Waals surface area contributed by atoms with E-state index in [-0.39, 0.29) is 17.4 Å². The topological polar surface area (TPSA) is 44.4 Å². The highest BCUT2D eigenvalue weighted by molar-refractivity contribution is 5.81. The summed E-state index contributed by atoms with van der Waals surface area (Å²) in [4.78, 5) is 14.5. The number of hydrogen-bond donors (Lipinski definition) is 2. The van der Waals surface area contributed by atoms with Gasteiger partial charge in [-0.1, -0.05) is 20.3 Å². The lowest BCUT2D eigenvalue weighted by molar-refractivity contribution is -0.124. The molecule has 4 heteroatoms. The number of likely N-dealkylation sites (tertiary alicyclic amines) is 1. The summed E-state index contributed by atoms with van der Waals surface area (Å²) in [7, 11) is 2.18. The molecule has 19 heavy (non-hydrogen) atoms. The van der Waals surface area contributed by atoms with Crippen molar-refractivity contribution in [2.45, 2.75) is 45.6 Å². The zero-order valence-corrected chi connectivity index (χ0v) is 12.7. The summed E-state index contributed by atoms with van der Waals surface area (Å²) >= 11 is 0. The molecule has 0 spiro atoms. The van der Waals surface area contributed by atoms with Crippen molar-refractivity contribution >= 4 is 5.91 Å². The second kappa shape index (κ2) is 6.23. The fraction of sp³-hybridized carbons (Fsp3) is 0.933. The first-order chi connectivity index (χ1) is 8.99. The fourth-order valence-electron chi connectivity index (χ4n) is 3.23. The van der Waals surface area contributed by atoms with Crippen LogP contribution in [0.5, 0.6) is 0 Å². The van der Waals surface area contributed by atoms with Crippen molar-refractivity contribution in [2.75, 3.05) is 33.2 Å². The van der Waals surface area contributed by atoms with Gasteiger partial charge in [0.25, 0.3) is 0 Å². The molecule has 0 aliphatic carbocycles. The number of nitrogens with one attached hydrogen (secondary N) is 2. The molecule has 0 bridgehead atoms. The molecule has 1 amide bonds. The van der Waals surface area contributed by atoms with Crippen molar-refractivity contribution < 1.29 is 4.79 Å². The normalized spacial score (nSPS) is 29.4. The molecule has 2 fully saturated rings. The molecule has 110 valence electrons. The molecule has 4 nitrogen and oxygen atoms in total. The first-order valence-electron chi connectivity index (χ1n) is 7.69. The van der Waals surface area contributed by atoms with E-state index >= 15 is 0 Å². The fourth-order valence-corrected chi connectivity index (χ4v) is 3.23. The van der Waals surface area contributed by atoms with Crippen LogP contribution in [0.3, 0.4) is 0 Å². The summed E-state index contributed by atoms with van der Waals surface area (Å²) in [5.41, 5.74) is 0.190. The van der Waals surface area contributed by atoms with E-state index in [9.17, 15) is 4.79 Å². The molecule has 2 N–H and O–H groups in total. The van der Waals surface area contributed by atoms with Gasteiger partial charge in [-0.05, 0) is 50.7 Å². The number of hydrogen-bond acceptors (Lipinski definition) is 3. The van der Waals surface area contributed by atoms with E-state index in [0.29, 0.717) is 5.92 Å². The van der Waals surface area contributed by atoms with Crippen molar-refractivity contribution in [1.29, 1.82) is 0 Å². The van der Waals surface area contributed by atoms with Crippen molar-refractivity contribution in [3.8, 4) is 0 Å². The predicted molar refractivity (Wildman–Crippen MR) is 78.0 cm³/mol. The highest BCUT2D eigenvalue weighted by Gasteiger charge is 2.34. The lowest BCUT2D eigenvalue weighted by atomic mass is 9.78. The molecule has 2 rings (SSSR count). The number of rotatable bonds is 4. The van der Waals surface area contributed by atoms with E-state index in [1.807, 2.05) is 0 Å². The summed E-state index contributed by atoms with van der Waals surface area (Å²) < 4.78 is 0. The van der Waals surface area contributed by atoms with E-state index in [4.69, 9.17) is 0 Å². The molecule has 2 unspecified atom stereocenters. The SMILES string of the molecule is CN1CCC(C(C)(C)CNC(=O)C2CCCCN2)C1. The molecule has 0 aromatic carbocycles. The zero-order chi connectivity index (χ0) is 13.9. The Labute approximate surface area is 117 Å². The Morgan fingerprint density at radius 2 is 2.16 bits per heavy atom. The zero-order valence-electron chi connectivity index (χ0n) is 12.7. The van der Waals surface area contributed by atoms with Crippen LogP contribution in [-0.4, -0.2) is 50.1 Å². The first-order valence-corrected chi connectivity index (χ1v) is 7.69. The number of carbonyl (C=O) groups excluding carboxylic acids is 1. The van der Waals surface area contributed by atoms with Gasteiger partial charge in [-0.25, -0.2) is 0 Å². The van der Waals surface area contributed by atoms with Crippen LogP contribution in [0.2, 0.25) is 0 Å². The lowest BCUT2D eigenvalue weighted by Gasteiger charge is -2.33. The van der Waals surface area contributed by atoms with Gasteiger partial charge in [0.15, 0.2) is 0 Å². The van der Waals surface area contributed by atoms with E-state index in [2.05, 4.69) is 36.4 Å². The highest BCUT2D eigenvalue weighted by atomic mass is 16.2. The number of carbonyl (C=O) groups is 1. The van der Waals surface area contributed by atoms with Crippen LogP contribution in [0, 0.1) is 11.3 Å². The second-order valence-electron chi connectivity index (χ2n) is 6.96. The Morgan fingerprint density at radius 1 is 1.37 bits per heavy atom. The molecule has 2 atom stereocenters. The average Bonchev–Trinajstić information content (AvgIpc) is 2.85. The van der Waals surface area contributed by atoms with Gasteiger partial charge in [0.05, 0.1) is 6.04 Å². The Balaban J connectivity index is 1.78. The van der Waals surface area contributed by atoms with Crippen LogP contribution < -0.4 is 10.6 Å². The smallest absolute Gasteiger partial charge is 0.237 e. The quantitative estimate of drug-likeness (QED) is 0.805. The largest absolute Gasteiger partial charge is 0.354 e. The number of piperidine rings is 1. The van der Waals surface area contributed by atoms with Crippen LogP contribution in [0.25, 0.3) is 0 Å². The van der Waals surface area contributed by atoms with Crippen LogP contribution in [0.15, 0.2) is 0 Å². The third-order valence-electron chi connectivity index (χ3n) is 4.84. The van der Waals surface area contributed by atoms with E-state index < -0.39 is 0 Å². The van der Waals surface area contributed by atoms with Gasteiger partial charge in [-0.15, -0.1) is 0 Å². The molecular formula is C15H29N3O. The molecule has 2 heterocycles. The second-order valence-corrected chi connectivity index (χ2v) is 6.96. The van der Waals surface area contributed by atoms with Crippen molar-refractivity contribution in [1.82, 2.24) is 15.5 Å². The molecule has 0 aromatic heterocycles. The molecule has 0 radical (unpaired) electrons. The van der Waals surface area contributed by atoms with E-state index in [1.54, 1.807) is 0 Å². The number of amides is 1. The molecular weight excluding hydrogens is 238 g/mol. The molecule has 2 aliphatic rings. The maximum absolute atomic E-state index is 12.1. The molecule has 2 saturated heterocycles. The standard InChI is InChI=1S/C15H29N3O/c1-15(2,12-7-9-18(3)10-12)11-17-14(19)13-6-4-5-8-16-13/h12-13,16H,4-11H2,1-3H3,(H,17,19). The first kappa shape index (κ1) is 14.8. The van der Waals surface area contributed by atoms with Gasteiger partial charge in [-0.2, -0.15) is 0 Å². The molecule has 0 aromatic rings. The minimum absolute atomic E-state index is 0.0378. The minimum Gasteiger partial charge on any atom is -0.354 e. The Morgan fingerprint density at radius 3 is 2.74 bits per heavy atom. The summed E-state index contributed by atoms with van der Waals surface area (Å²) in [6.45, 7) is 8.69. The summed E-state index contributed by atoms with van der Waals surface area (Å²) in [6.07, 6.45) is 4.60. The monoisotopic (exact) mass is 267 g/mol. The maximum atomic E-state index is 12.1. The lowest BCUT2D eigenvalue weighted by Crippen LogP contribution is -2.49. The third kappa shape index (κ3) is 3.93. The van der Waals surface area contributed by atoms with Crippen molar-refractivity contribution in [2.24, 2.45) is 11.3 Å². The van der Waals surface area contributed by atoms with Gasteiger partial charge in [0, 0.05) is 13.1 Å². The molecule has 0 saturated carbocycles. The van der Waals surface area contributed by atoms with Crippen molar-refractivity contribution in [3.05, 3.63) is 0 Å². The highest BCUT2D eigenvalue weighted by Crippen LogP contribution is 2.33. The van der Waals surface area contributed by atoms with E-state index in [1.165, 1.54) is 25.8 Å². The minimum atomic E-state index is 0.0378. The third-order valence-corrected chi connectivity index (χ3v) is 4.84. The maximum Gasteiger partial charge on any atom is 0.237 e. The van der Waals surface area contributed by atoms with Gasteiger partial charge < -0.3 is 15.5 Å². The van der Waals surface area contributed by atoms with Gasteiger partial charge in [0.1, 0.15) is 0 Å². The van der Waals surface area contributed by atoms with Crippen LogP contribution in [-0.2, 0) is 4.79 Å². The van der Waals surface area contributed by atoms with Crippen molar-refractivity contribution in [3.63, 3.8) is 0 Å². The Hall–Kier alpha value is -0.610. The Kier molecular flexibility index (Phi) is 4.85. The summed E-state index contributed by atoms with van der Waals surface area (Å²) in [5, 5.41) is 6.48. The number of nitrogens with zero attached hydrogens (tertiary/aromatic N) is 1. The van der Waals surface area contributed by atoms with E-state index in [0.717, 1.165) is 26.1 Å². The summed E-state index contributed by atoms with van der Waals surface area (Å²) in [6, 6.07) is 0.0378. The predicted octanol–water partition coefficient (Wildman–Crippen LogP) is 1.22. The van der Waals surface area contributed by atoms with Crippen LogP contribution in [0.4, 0.5) is 0 Å².